The minimum atomic E-state index is 0.665. The summed E-state index contributed by atoms with van der Waals surface area (Å²) in [6.45, 7) is 4.38. The molecule has 1 aromatic rings. The molecule has 1 aromatic heterocycles. The number of aryl methyl sites for hydroxylation is 1. The largest absolute Gasteiger partial charge is 0.381 e. The van der Waals surface area contributed by atoms with Crippen LogP contribution in [0.2, 0.25) is 0 Å². The molecule has 1 N–H and O–H groups in total. The zero-order valence-corrected chi connectivity index (χ0v) is 9.66. The first kappa shape index (κ1) is 10.5. The van der Waals surface area contributed by atoms with Crippen molar-refractivity contribution < 1.29 is 0 Å². The lowest BCUT2D eigenvalue weighted by molar-refractivity contribution is 0.525. The van der Waals surface area contributed by atoms with Crippen LogP contribution in [-0.4, -0.2) is 11.0 Å². The van der Waals surface area contributed by atoms with E-state index in [0.29, 0.717) is 6.04 Å². The Labute approximate surface area is 92.1 Å². The van der Waals surface area contributed by atoms with Gasteiger partial charge in [0.1, 0.15) is 0 Å². The molecule has 0 bridgehead atoms. The van der Waals surface area contributed by atoms with E-state index in [1.807, 2.05) is 12.4 Å². The van der Waals surface area contributed by atoms with Gasteiger partial charge in [0.2, 0.25) is 0 Å². The van der Waals surface area contributed by atoms with Crippen molar-refractivity contribution in [2.75, 3.05) is 5.32 Å². The first-order chi connectivity index (χ1) is 7.28. The molecular formula is C13H20N2. The Balaban J connectivity index is 1.92. The third kappa shape index (κ3) is 2.71. The normalized spacial score (nSPS) is 25.5. The van der Waals surface area contributed by atoms with Crippen LogP contribution in [0.4, 0.5) is 5.69 Å². The van der Waals surface area contributed by atoms with Crippen LogP contribution < -0.4 is 5.32 Å². The van der Waals surface area contributed by atoms with Gasteiger partial charge in [-0.3, -0.25) is 4.98 Å². The van der Waals surface area contributed by atoms with Gasteiger partial charge in [-0.1, -0.05) is 13.3 Å². The first-order valence-corrected chi connectivity index (χ1v) is 5.96. The highest BCUT2D eigenvalue weighted by molar-refractivity contribution is 5.43. The third-order valence-corrected chi connectivity index (χ3v) is 3.36. The molecule has 2 atom stereocenters. The summed E-state index contributed by atoms with van der Waals surface area (Å²) >= 11 is 0. The van der Waals surface area contributed by atoms with Gasteiger partial charge in [0.05, 0.1) is 5.69 Å². The van der Waals surface area contributed by atoms with Crippen molar-refractivity contribution in [3.05, 3.63) is 24.0 Å². The zero-order chi connectivity index (χ0) is 10.7. The fourth-order valence-corrected chi connectivity index (χ4v) is 2.45. The van der Waals surface area contributed by atoms with E-state index < -0.39 is 0 Å². The molecule has 2 unspecified atom stereocenters. The van der Waals surface area contributed by atoms with Gasteiger partial charge >= 0.3 is 0 Å². The van der Waals surface area contributed by atoms with Gasteiger partial charge in [0, 0.05) is 18.4 Å². The molecule has 1 saturated carbocycles. The van der Waals surface area contributed by atoms with E-state index >= 15 is 0 Å². The van der Waals surface area contributed by atoms with E-state index in [1.54, 1.807) is 0 Å². The zero-order valence-electron chi connectivity index (χ0n) is 9.66. The number of rotatable bonds is 3. The molecule has 2 heteroatoms. The number of nitrogens with zero attached hydrogens (tertiary/aromatic N) is 1. The summed E-state index contributed by atoms with van der Waals surface area (Å²) in [5.74, 6) is 0.931. The summed E-state index contributed by atoms with van der Waals surface area (Å²) in [5.41, 5.74) is 2.40. The quantitative estimate of drug-likeness (QED) is 0.816. The van der Waals surface area contributed by atoms with Crippen LogP contribution in [0.3, 0.4) is 0 Å². The van der Waals surface area contributed by atoms with E-state index in [9.17, 15) is 0 Å². The van der Waals surface area contributed by atoms with E-state index in [0.717, 1.165) is 5.92 Å². The Morgan fingerprint density at radius 1 is 1.40 bits per heavy atom. The Morgan fingerprint density at radius 3 is 2.93 bits per heavy atom. The molecule has 2 rings (SSSR count). The second-order valence-corrected chi connectivity index (χ2v) is 4.68. The number of aromatic nitrogens is 1. The second-order valence-electron chi connectivity index (χ2n) is 4.68. The number of anilines is 1. The van der Waals surface area contributed by atoms with Crippen molar-refractivity contribution in [2.45, 2.75) is 45.6 Å². The minimum Gasteiger partial charge on any atom is -0.381 e. The molecule has 1 aliphatic carbocycles. The van der Waals surface area contributed by atoms with E-state index in [1.165, 1.54) is 36.9 Å². The number of hydrogen-bond donors (Lipinski definition) is 1. The summed E-state index contributed by atoms with van der Waals surface area (Å²) in [4.78, 5) is 4.20. The van der Waals surface area contributed by atoms with Gasteiger partial charge in [0.15, 0.2) is 0 Å². The summed E-state index contributed by atoms with van der Waals surface area (Å²) in [6.07, 6.45) is 9.16. The van der Waals surface area contributed by atoms with Gasteiger partial charge in [-0.05, 0) is 43.7 Å². The van der Waals surface area contributed by atoms with Crippen LogP contribution in [0.5, 0.6) is 0 Å². The maximum Gasteiger partial charge on any atom is 0.0531 e. The number of hydrogen-bond acceptors (Lipinski definition) is 2. The lowest BCUT2D eigenvalue weighted by Crippen LogP contribution is -2.15. The summed E-state index contributed by atoms with van der Waals surface area (Å²) in [5, 5.41) is 3.58. The van der Waals surface area contributed by atoms with Crippen LogP contribution in [-0.2, 0) is 0 Å². The molecule has 0 amide bonds. The van der Waals surface area contributed by atoms with Crippen molar-refractivity contribution in [2.24, 2.45) is 5.92 Å². The Morgan fingerprint density at radius 2 is 2.27 bits per heavy atom. The highest BCUT2D eigenvalue weighted by atomic mass is 14.9. The molecule has 0 saturated heterocycles. The molecule has 15 heavy (non-hydrogen) atoms. The Kier molecular flexibility index (Phi) is 3.24. The molecule has 1 fully saturated rings. The van der Waals surface area contributed by atoms with Crippen molar-refractivity contribution >= 4 is 5.69 Å². The van der Waals surface area contributed by atoms with Gasteiger partial charge < -0.3 is 5.32 Å². The maximum absolute atomic E-state index is 4.20. The van der Waals surface area contributed by atoms with Crippen molar-refractivity contribution in [1.82, 2.24) is 4.98 Å². The molecule has 82 valence electrons. The second kappa shape index (κ2) is 4.65. The predicted molar refractivity (Wildman–Crippen MR) is 64.0 cm³/mol. The number of nitrogens with one attached hydrogen (secondary N) is 1. The Hall–Kier alpha value is -1.05. The minimum absolute atomic E-state index is 0.665. The summed E-state index contributed by atoms with van der Waals surface area (Å²) in [6, 6.07) is 2.84. The highest BCUT2D eigenvalue weighted by Crippen LogP contribution is 2.29. The van der Waals surface area contributed by atoms with Crippen LogP contribution in [0.1, 0.15) is 38.2 Å². The SMILES string of the molecule is CCC1CCC(Nc2cncc(C)c2)C1. The molecule has 2 nitrogen and oxygen atoms in total. The first-order valence-electron chi connectivity index (χ1n) is 5.96. The molecule has 0 aliphatic heterocycles. The van der Waals surface area contributed by atoms with Crippen LogP contribution in [0.15, 0.2) is 18.5 Å². The fourth-order valence-electron chi connectivity index (χ4n) is 2.45. The summed E-state index contributed by atoms with van der Waals surface area (Å²) in [7, 11) is 0. The van der Waals surface area contributed by atoms with Crippen LogP contribution in [0, 0.1) is 12.8 Å². The predicted octanol–water partition coefficient (Wildman–Crippen LogP) is 3.38. The molecule has 1 heterocycles. The van der Waals surface area contributed by atoms with Crippen molar-refractivity contribution in [3.8, 4) is 0 Å². The van der Waals surface area contributed by atoms with E-state index in [2.05, 4.69) is 30.2 Å². The van der Waals surface area contributed by atoms with Crippen LogP contribution >= 0.6 is 0 Å². The van der Waals surface area contributed by atoms with Gasteiger partial charge in [0.25, 0.3) is 0 Å². The van der Waals surface area contributed by atoms with Gasteiger partial charge in [-0.15, -0.1) is 0 Å². The Bertz CT molecular complexity index is 322. The average molecular weight is 204 g/mol. The standard InChI is InChI=1S/C13H20N2/c1-3-11-4-5-12(7-11)15-13-6-10(2)8-14-9-13/h6,8-9,11-12,15H,3-5,7H2,1-2H3. The van der Waals surface area contributed by atoms with Crippen molar-refractivity contribution in [3.63, 3.8) is 0 Å². The lowest BCUT2D eigenvalue weighted by atomic mass is 10.1. The van der Waals surface area contributed by atoms with E-state index in [-0.39, 0.29) is 0 Å². The molecule has 1 aliphatic rings. The summed E-state index contributed by atoms with van der Waals surface area (Å²) < 4.78 is 0. The van der Waals surface area contributed by atoms with Gasteiger partial charge in [-0.25, -0.2) is 0 Å². The van der Waals surface area contributed by atoms with Crippen molar-refractivity contribution in [1.29, 1.82) is 0 Å². The molecule has 0 aromatic carbocycles. The monoisotopic (exact) mass is 204 g/mol. The highest BCUT2D eigenvalue weighted by Gasteiger charge is 2.22. The smallest absolute Gasteiger partial charge is 0.0531 e. The van der Waals surface area contributed by atoms with Crippen LogP contribution in [0.25, 0.3) is 0 Å². The molecule has 0 spiro atoms. The number of pyridine rings is 1. The lowest BCUT2D eigenvalue weighted by Gasteiger charge is -2.14. The average Bonchev–Trinajstić information content (AvgIpc) is 2.65. The maximum atomic E-state index is 4.20. The van der Waals surface area contributed by atoms with E-state index in [4.69, 9.17) is 0 Å². The fraction of sp³-hybridized carbons (Fsp3) is 0.615. The molecular weight excluding hydrogens is 184 g/mol. The van der Waals surface area contributed by atoms with Gasteiger partial charge in [-0.2, -0.15) is 0 Å². The molecule has 0 radical (unpaired) electrons. The topological polar surface area (TPSA) is 24.9 Å². The third-order valence-electron chi connectivity index (χ3n) is 3.36.